The molecule has 0 spiro atoms. The molecule has 1 N–H and O–H groups in total. The van der Waals surface area contributed by atoms with Crippen molar-refractivity contribution in [1.82, 2.24) is 4.90 Å². The molecule has 4 aliphatic rings. The highest BCUT2D eigenvalue weighted by molar-refractivity contribution is 6.10. The van der Waals surface area contributed by atoms with Crippen LogP contribution in [-0.2, 0) is 20.8 Å². The molecule has 2 aromatic rings. The summed E-state index contributed by atoms with van der Waals surface area (Å²) in [6.07, 6.45) is 6.38. The number of rotatable bonds is 5. The van der Waals surface area contributed by atoms with E-state index in [-0.39, 0.29) is 41.4 Å². The van der Waals surface area contributed by atoms with Gasteiger partial charge in [0.05, 0.1) is 11.8 Å². The number of aryl methyl sites for hydroxylation is 1. The smallest absolute Gasteiger partial charge is 0.248 e. The molecule has 3 amide bonds. The number of benzene rings is 2. The van der Waals surface area contributed by atoms with E-state index >= 15 is 0 Å². The molecule has 1 saturated heterocycles. The van der Waals surface area contributed by atoms with Crippen LogP contribution in [0.5, 0.6) is 0 Å². The number of carbonyl (C=O) groups excluding carboxylic acids is 3. The van der Waals surface area contributed by atoms with E-state index in [1.54, 1.807) is 0 Å². The van der Waals surface area contributed by atoms with Crippen molar-refractivity contribution in [2.24, 2.45) is 23.7 Å². The Morgan fingerprint density at radius 3 is 2.19 bits per heavy atom. The summed E-state index contributed by atoms with van der Waals surface area (Å²) in [4.78, 5) is 41.6. The minimum Gasteiger partial charge on any atom is -0.324 e. The quantitative estimate of drug-likeness (QED) is 0.599. The molecule has 5 heteroatoms. The van der Waals surface area contributed by atoms with E-state index in [4.69, 9.17) is 0 Å². The maximum Gasteiger partial charge on any atom is 0.248 e. The lowest BCUT2D eigenvalue weighted by Gasteiger charge is -2.38. The highest BCUT2D eigenvalue weighted by Crippen LogP contribution is 2.50. The highest BCUT2D eigenvalue weighted by atomic mass is 16.2. The standard InChI is InChI=1S/C26H26N2O3/c1-16-6-5-9-20(14-16)27-24(29)21(15-17-7-3-2-4-8-17)28-25(30)22-18-10-11-19(13-12-18)23(22)26(28)31/h2-11,14,18-19,21-23H,12-13,15H2,1H3,(H,27,29)/t18-,19-,21+,22-,23+/m0/s1. The number of likely N-dealkylation sites (tertiary alicyclic amines) is 1. The van der Waals surface area contributed by atoms with E-state index < -0.39 is 6.04 Å². The molecule has 0 radical (unpaired) electrons. The van der Waals surface area contributed by atoms with Crippen LogP contribution >= 0.6 is 0 Å². The predicted octanol–water partition coefficient (Wildman–Crippen LogP) is 3.74. The number of allylic oxidation sites excluding steroid dienone is 2. The monoisotopic (exact) mass is 414 g/mol. The van der Waals surface area contributed by atoms with Gasteiger partial charge in [-0.25, -0.2) is 0 Å². The predicted molar refractivity (Wildman–Crippen MR) is 118 cm³/mol. The Balaban J connectivity index is 1.47. The molecule has 6 rings (SSSR count). The molecule has 2 bridgehead atoms. The average molecular weight is 415 g/mol. The molecule has 1 aliphatic heterocycles. The van der Waals surface area contributed by atoms with Crippen LogP contribution in [0.3, 0.4) is 0 Å². The van der Waals surface area contributed by atoms with Crippen molar-refractivity contribution in [1.29, 1.82) is 0 Å². The maximum absolute atomic E-state index is 13.5. The van der Waals surface area contributed by atoms with Crippen LogP contribution in [0.2, 0.25) is 0 Å². The summed E-state index contributed by atoms with van der Waals surface area (Å²) in [5.41, 5.74) is 2.61. The number of anilines is 1. The van der Waals surface area contributed by atoms with Crippen molar-refractivity contribution < 1.29 is 14.4 Å². The molecule has 2 aromatic carbocycles. The second-order valence-electron chi connectivity index (χ2n) is 8.95. The third-order valence-electron chi connectivity index (χ3n) is 6.97. The van der Waals surface area contributed by atoms with Gasteiger partial charge in [-0.15, -0.1) is 0 Å². The Kier molecular flexibility index (Phi) is 4.97. The molecule has 0 aromatic heterocycles. The normalized spacial score (nSPS) is 27.3. The largest absolute Gasteiger partial charge is 0.324 e. The van der Waals surface area contributed by atoms with Crippen LogP contribution in [0.4, 0.5) is 5.69 Å². The number of imide groups is 1. The molecule has 31 heavy (non-hydrogen) atoms. The summed E-state index contributed by atoms with van der Waals surface area (Å²) < 4.78 is 0. The lowest BCUT2D eigenvalue weighted by atomic mass is 9.63. The zero-order valence-corrected chi connectivity index (χ0v) is 17.5. The molecule has 5 atom stereocenters. The van der Waals surface area contributed by atoms with Crippen molar-refractivity contribution in [2.75, 3.05) is 5.32 Å². The summed E-state index contributed by atoms with van der Waals surface area (Å²) in [5.74, 6) is -1.12. The fraction of sp³-hybridized carbons (Fsp3) is 0.346. The van der Waals surface area contributed by atoms with E-state index in [1.807, 2.05) is 61.5 Å². The number of hydrogen-bond donors (Lipinski definition) is 1. The van der Waals surface area contributed by atoms with Crippen LogP contribution in [-0.4, -0.2) is 28.7 Å². The Labute approximate surface area is 182 Å². The number of carbonyl (C=O) groups is 3. The molecule has 1 saturated carbocycles. The fourth-order valence-electron chi connectivity index (χ4n) is 5.49. The third-order valence-corrected chi connectivity index (χ3v) is 6.97. The van der Waals surface area contributed by atoms with Crippen molar-refractivity contribution in [3.63, 3.8) is 0 Å². The molecule has 5 nitrogen and oxygen atoms in total. The van der Waals surface area contributed by atoms with Gasteiger partial charge in [0.25, 0.3) is 0 Å². The minimum atomic E-state index is -0.868. The maximum atomic E-state index is 13.5. The van der Waals surface area contributed by atoms with Gasteiger partial charge in [0.2, 0.25) is 17.7 Å². The zero-order chi connectivity index (χ0) is 21.5. The topological polar surface area (TPSA) is 66.5 Å². The van der Waals surface area contributed by atoms with E-state index in [0.717, 1.165) is 24.0 Å². The number of amides is 3. The summed E-state index contributed by atoms with van der Waals surface area (Å²) in [5, 5.41) is 2.94. The first-order chi connectivity index (χ1) is 15.0. The van der Waals surface area contributed by atoms with Crippen molar-refractivity contribution in [2.45, 2.75) is 32.2 Å². The van der Waals surface area contributed by atoms with Crippen LogP contribution in [0, 0.1) is 30.6 Å². The molecule has 3 aliphatic carbocycles. The van der Waals surface area contributed by atoms with Crippen molar-refractivity contribution in [3.8, 4) is 0 Å². The Morgan fingerprint density at radius 1 is 0.968 bits per heavy atom. The Morgan fingerprint density at radius 2 is 1.61 bits per heavy atom. The second kappa shape index (κ2) is 7.80. The molecule has 0 unspecified atom stereocenters. The summed E-state index contributed by atoms with van der Waals surface area (Å²) in [7, 11) is 0. The van der Waals surface area contributed by atoms with Crippen molar-refractivity contribution >= 4 is 23.4 Å². The third kappa shape index (κ3) is 3.48. The first kappa shape index (κ1) is 19.7. The van der Waals surface area contributed by atoms with Gasteiger partial charge in [-0.05, 0) is 54.9 Å². The fourth-order valence-corrected chi connectivity index (χ4v) is 5.49. The average Bonchev–Trinajstić information content (AvgIpc) is 3.06. The Bertz CT molecular complexity index is 1030. The molecule has 158 valence electrons. The number of nitrogens with one attached hydrogen (secondary N) is 1. The highest BCUT2D eigenvalue weighted by Gasteiger charge is 2.58. The van der Waals surface area contributed by atoms with Gasteiger partial charge in [0, 0.05) is 12.1 Å². The van der Waals surface area contributed by atoms with Gasteiger partial charge < -0.3 is 5.32 Å². The van der Waals surface area contributed by atoms with Crippen molar-refractivity contribution in [3.05, 3.63) is 77.9 Å². The van der Waals surface area contributed by atoms with Crippen LogP contribution in [0.15, 0.2) is 66.7 Å². The molecular weight excluding hydrogens is 388 g/mol. The van der Waals surface area contributed by atoms with E-state index in [1.165, 1.54) is 4.90 Å². The zero-order valence-electron chi connectivity index (χ0n) is 17.5. The molecule has 2 fully saturated rings. The van der Waals surface area contributed by atoms with Gasteiger partial charge in [0.15, 0.2) is 0 Å². The molecule has 1 heterocycles. The Hall–Kier alpha value is -3.21. The van der Waals surface area contributed by atoms with Crippen LogP contribution in [0.1, 0.15) is 24.0 Å². The SMILES string of the molecule is Cc1cccc(NC(=O)[C@@H](Cc2ccccc2)N2C(=O)[C@@H]3[C@H](C2=O)[C@H]2C=C[C@H]3CC2)c1. The van der Waals surface area contributed by atoms with E-state index in [9.17, 15) is 14.4 Å². The number of hydrogen-bond acceptors (Lipinski definition) is 3. The first-order valence-corrected chi connectivity index (χ1v) is 11.0. The summed E-state index contributed by atoms with van der Waals surface area (Å²) in [6, 6.07) is 16.2. The number of nitrogens with zero attached hydrogens (tertiary/aromatic N) is 1. The van der Waals surface area contributed by atoms with Gasteiger partial charge in [-0.3, -0.25) is 19.3 Å². The van der Waals surface area contributed by atoms with Crippen LogP contribution in [0.25, 0.3) is 0 Å². The minimum absolute atomic E-state index is 0.105. The van der Waals surface area contributed by atoms with Gasteiger partial charge in [-0.1, -0.05) is 54.6 Å². The van der Waals surface area contributed by atoms with E-state index in [2.05, 4.69) is 17.5 Å². The summed E-state index contributed by atoms with van der Waals surface area (Å²) in [6.45, 7) is 1.96. The molecular formula is C26H26N2O3. The van der Waals surface area contributed by atoms with Gasteiger partial charge in [-0.2, -0.15) is 0 Å². The first-order valence-electron chi connectivity index (χ1n) is 11.0. The van der Waals surface area contributed by atoms with Crippen LogP contribution < -0.4 is 5.32 Å². The second-order valence-corrected chi connectivity index (χ2v) is 8.95. The number of fused-ring (bicyclic) bond motifs is 1. The summed E-state index contributed by atoms with van der Waals surface area (Å²) >= 11 is 0. The van der Waals surface area contributed by atoms with E-state index in [0.29, 0.717) is 12.1 Å². The van der Waals surface area contributed by atoms with Gasteiger partial charge in [0.1, 0.15) is 6.04 Å². The lowest BCUT2D eigenvalue weighted by molar-refractivity contribution is -0.146. The van der Waals surface area contributed by atoms with Gasteiger partial charge >= 0.3 is 0 Å². The lowest BCUT2D eigenvalue weighted by Crippen LogP contribution is -2.49.